The third-order valence-electron chi connectivity index (χ3n) is 3.65. The van der Waals surface area contributed by atoms with E-state index in [0.29, 0.717) is 5.02 Å². The van der Waals surface area contributed by atoms with Gasteiger partial charge in [0.15, 0.2) is 0 Å². The molecule has 0 radical (unpaired) electrons. The Morgan fingerprint density at radius 1 is 1.17 bits per heavy atom. The molecule has 118 valence electrons. The van der Waals surface area contributed by atoms with Gasteiger partial charge in [-0.1, -0.05) is 28.9 Å². The summed E-state index contributed by atoms with van der Waals surface area (Å²) in [5.74, 6) is -0.438. The third-order valence-corrected chi connectivity index (χ3v) is 3.90. The number of hydrogen-bond acceptors (Lipinski definition) is 4. The Morgan fingerprint density at radius 2 is 1.96 bits per heavy atom. The van der Waals surface area contributed by atoms with Gasteiger partial charge in [0.05, 0.1) is 12.0 Å². The number of oxime groups is 1. The van der Waals surface area contributed by atoms with E-state index in [9.17, 15) is 4.79 Å². The van der Waals surface area contributed by atoms with E-state index in [-0.39, 0.29) is 5.76 Å². The van der Waals surface area contributed by atoms with Crippen LogP contribution in [0.5, 0.6) is 0 Å². The van der Waals surface area contributed by atoms with Gasteiger partial charge in [-0.05, 0) is 67.2 Å². The highest BCUT2D eigenvalue weighted by Gasteiger charge is 2.16. The van der Waals surface area contributed by atoms with Crippen LogP contribution in [0.4, 0.5) is 0 Å². The van der Waals surface area contributed by atoms with Crippen LogP contribution in [0.25, 0.3) is 6.08 Å². The number of rotatable bonds is 3. The Hall–Kier alpha value is -2.33. The SMILES string of the molecule is O=C(O/N=C1\CCCC\C1=C/c1ccc(Cl)cc1)c1ccco1. The molecule has 0 saturated heterocycles. The topological polar surface area (TPSA) is 51.8 Å². The predicted octanol–water partition coefficient (Wildman–Crippen LogP) is 5.10. The van der Waals surface area contributed by atoms with Crippen molar-refractivity contribution in [1.29, 1.82) is 0 Å². The van der Waals surface area contributed by atoms with Crippen molar-refractivity contribution in [3.63, 3.8) is 0 Å². The van der Waals surface area contributed by atoms with Crippen LogP contribution in [0.2, 0.25) is 5.02 Å². The van der Waals surface area contributed by atoms with E-state index in [2.05, 4.69) is 11.2 Å². The summed E-state index contributed by atoms with van der Waals surface area (Å²) in [6, 6.07) is 10.8. The van der Waals surface area contributed by atoms with Crippen LogP contribution in [0.3, 0.4) is 0 Å². The first-order chi connectivity index (χ1) is 11.2. The van der Waals surface area contributed by atoms with Crippen molar-refractivity contribution in [3.05, 3.63) is 64.6 Å². The van der Waals surface area contributed by atoms with E-state index in [1.54, 1.807) is 12.1 Å². The quantitative estimate of drug-likeness (QED) is 0.581. The summed E-state index contributed by atoms with van der Waals surface area (Å²) in [6.07, 6.45) is 7.34. The van der Waals surface area contributed by atoms with Gasteiger partial charge >= 0.3 is 5.97 Å². The maximum Gasteiger partial charge on any atom is 0.400 e. The van der Waals surface area contributed by atoms with E-state index in [0.717, 1.165) is 42.5 Å². The van der Waals surface area contributed by atoms with Gasteiger partial charge in [0.1, 0.15) is 0 Å². The minimum atomic E-state index is -0.584. The fraction of sp³-hybridized carbons (Fsp3) is 0.222. The van der Waals surface area contributed by atoms with E-state index in [1.165, 1.54) is 6.26 Å². The fourth-order valence-electron chi connectivity index (χ4n) is 2.47. The molecule has 1 heterocycles. The van der Waals surface area contributed by atoms with Gasteiger partial charge in [-0.3, -0.25) is 0 Å². The van der Waals surface area contributed by atoms with Gasteiger partial charge in [0.25, 0.3) is 0 Å². The largest absolute Gasteiger partial charge is 0.457 e. The monoisotopic (exact) mass is 329 g/mol. The number of halogens is 1. The number of hydrogen-bond donors (Lipinski definition) is 0. The average molecular weight is 330 g/mol. The van der Waals surface area contributed by atoms with Crippen LogP contribution in [-0.4, -0.2) is 11.7 Å². The van der Waals surface area contributed by atoms with E-state index in [1.807, 2.05) is 24.3 Å². The van der Waals surface area contributed by atoms with Crippen LogP contribution < -0.4 is 0 Å². The second-order valence-electron chi connectivity index (χ2n) is 5.32. The minimum Gasteiger partial charge on any atom is -0.457 e. The molecule has 0 N–H and O–H groups in total. The lowest BCUT2D eigenvalue weighted by molar-refractivity contribution is 0.0479. The van der Waals surface area contributed by atoms with Crippen molar-refractivity contribution in [2.45, 2.75) is 25.7 Å². The molecule has 3 rings (SSSR count). The van der Waals surface area contributed by atoms with E-state index >= 15 is 0 Å². The Bertz CT molecular complexity index is 730. The second kappa shape index (κ2) is 7.29. The van der Waals surface area contributed by atoms with Crippen molar-refractivity contribution >= 4 is 29.4 Å². The predicted molar refractivity (Wildman–Crippen MR) is 89.5 cm³/mol. The molecule has 4 nitrogen and oxygen atoms in total. The molecule has 0 amide bonds. The molecular formula is C18H16ClNO3. The average Bonchev–Trinajstić information content (AvgIpc) is 3.10. The van der Waals surface area contributed by atoms with Crippen molar-refractivity contribution in [1.82, 2.24) is 0 Å². The van der Waals surface area contributed by atoms with Gasteiger partial charge in [-0.2, -0.15) is 0 Å². The van der Waals surface area contributed by atoms with Gasteiger partial charge in [-0.15, -0.1) is 0 Å². The molecule has 0 aliphatic heterocycles. The van der Waals surface area contributed by atoms with Crippen LogP contribution in [0.1, 0.15) is 41.8 Å². The molecular weight excluding hydrogens is 314 g/mol. The summed E-state index contributed by atoms with van der Waals surface area (Å²) in [5.41, 5.74) is 2.95. The smallest absolute Gasteiger partial charge is 0.400 e. The molecule has 0 unspecified atom stereocenters. The first-order valence-corrected chi connectivity index (χ1v) is 7.88. The lowest BCUT2D eigenvalue weighted by Gasteiger charge is -2.16. The van der Waals surface area contributed by atoms with Gasteiger partial charge < -0.3 is 9.25 Å². The number of carbonyl (C=O) groups is 1. The Morgan fingerprint density at radius 3 is 2.70 bits per heavy atom. The zero-order chi connectivity index (χ0) is 16.1. The molecule has 23 heavy (non-hydrogen) atoms. The summed E-state index contributed by atoms with van der Waals surface area (Å²) in [6.45, 7) is 0. The molecule has 1 aromatic carbocycles. The Kier molecular flexibility index (Phi) is 4.93. The van der Waals surface area contributed by atoms with Crippen molar-refractivity contribution < 1.29 is 14.0 Å². The first-order valence-electron chi connectivity index (χ1n) is 7.50. The highest BCUT2D eigenvalue weighted by Crippen LogP contribution is 2.24. The third kappa shape index (κ3) is 4.11. The summed E-state index contributed by atoms with van der Waals surface area (Å²) in [4.78, 5) is 16.8. The van der Waals surface area contributed by atoms with Crippen LogP contribution in [-0.2, 0) is 4.84 Å². The van der Waals surface area contributed by atoms with E-state index < -0.39 is 5.97 Å². The minimum absolute atomic E-state index is 0.147. The summed E-state index contributed by atoms with van der Waals surface area (Å²) < 4.78 is 5.00. The maximum absolute atomic E-state index is 11.8. The molecule has 1 aromatic heterocycles. The van der Waals surface area contributed by atoms with Gasteiger partial charge in [-0.25, -0.2) is 4.79 Å². The molecule has 5 heteroatoms. The number of allylic oxidation sites excluding steroid dienone is 1. The van der Waals surface area contributed by atoms with Crippen molar-refractivity contribution in [2.75, 3.05) is 0 Å². The zero-order valence-corrected chi connectivity index (χ0v) is 13.3. The highest BCUT2D eigenvalue weighted by molar-refractivity contribution is 6.30. The van der Waals surface area contributed by atoms with Gasteiger partial charge in [0, 0.05) is 5.02 Å². The lowest BCUT2D eigenvalue weighted by atomic mass is 9.91. The molecule has 1 aliphatic carbocycles. The number of carbonyl (C=O) groups excluding carboxylic acids is 1. The number of nitrogens with zero attached hydrogens (tertiary/aromatic N) is 1. The van der Waals surface area contributed by atoms with Crippen LogP contribution in [0.15, 0.2) is 57.8 Å². The Labute approximate surface area is 139 Å². The maximum atomic E-state index is 11.8. The van der Waals surface area contributed by atoms with Crippen LogP contribution >= 0.6 is 11.6 Å². The molecule has 1 saturated carbocycles. The number of furan rings is 1. The summed E-state index contributed by atoms with van der Waals surface area (Å²) in [7, 11) is 0. The summed E-state index contributed by atoms with van der Waals surface area (Å²) in [5, 5.41) is 4.75. The Balaban J connectivity index is 1.77. The molecule has 0 bridgehead atoms. The second-order valence-corrected chi connectivity index (χ2v) is 5.76. The molecule has 2 aromatic rings. The highest BCUT2D eigenvalue weighted by atomic mass is 35.5. The standard InChI is InChI=1S/C18H16ClNO3/c19-15-9-7-13(8-10-15)12-14-4-1-2-5-16(14)20-23-18(21)17-6-3-11-22-17/h3,6-12H,1-2,4-5H2/b14-12+,20-16+. The molecule has 0 spiro atoms. The van der Waals surface area contributed by atoms with Crippen molar-refractivity contribution in [2.24, 2.45) is 5.16 Å². The van der Waals surface area contributed by atoms with Crippen molar-refractivity contribution in [3.8, 4) is 0 Å². The lowest BCUT2D eigenvalue weighted by Crippen LogP contribution is -2.11. The molecule has 1 fully saturated rings. The summed E-state index contributed by atoms with van der Waals surface area (Å²) >= 11 is 5.91. The fourth-order valence-corrected chi connectivity index (χ4v) is 2.59. The number of benzene rings is 1. The van der Waals surface area contributed by atoms with Crippen LogP contribution in [0, 0.1) is 0 Å². The molecule has 0 atom stereocenters. The van der Waals surface area contributed by atoms with Gasteiger partial charge in [0.2, 0.25) is 5.76 Å². The normalized spacial score (nSPS) is 18.3. The molecule has 1 aliphatic rings. The first kappa shape index (κ1) is 15.6. The zero-order valence-electron chi connectivity index (χ0n) is 12.5. The van der Waals surface area contributed by atoms with E-state index in [4.69, 9.17) is 20.9 Å².